The van der Waals surface area contributed by atoms with Crippen molar-refractivity contribution in [2.75, 3.05) is 0 Å². The quantitative estimate of drug-likeness (QED) is 0.210. The van der Waals surface area contributed by atoms with Crippen LogP contribution in [0.3, 0.4) is 0 Å². The average molecular weight is 451 g/mol. The van der Waals surface area contributed by atoms with E-state index < -0.39 is 0 Å². The molecule has 4 aromatic carbocycles. The van der Waals surface area contributed by atoms with Crippen LogP contribution in [0.25, 0.3) is 20.2 Å². The first-order chi connectivity index (χ1) is 16.1. The van der Waals surface area contributed by atoms with Crippen molar-refractivity contribution >= 4 is 37.3 Å². The van der Waals surface area contributed by atoms with Gasteiger partial charge in [-0.15, -0.1) is 11.3 Å². The van der Waals surface area contributed by atoms with Crippen molar-refractivity contribution < 1.29 is 4.79 Å². The van der Waals surface area contributed by atoms with Crippen molar-refractivity contribution in [3.8, 4) is 0 Å². The number of benzene rings is 4. The molecule has 1 aromatic heterocycles. The van der Waals surface area contributed by atoms with Crippen LogP contribution >= 0.6 is 11.3 Å². The van der Waals surface area contributed by atoms with Crippen LogP contribution in [0.15, 0.2) is 102 Å². The smallest absolute Gasteiger partial charge is 0.195 e. The standard InChI is InChI=1S/C17H16OS.C13H10O/c1-3-11-9-12(4-2)17-14(10-11)16(18)13-7-5-6-8-15(13)19-17;14-13(11-7-3-1-4-8-11)12-9-5-2-6-10-12/h5-10H,3-4H2,1-2H3;1-10H. The number of carbonyl (C=O) groups is 1. The van der Waals surface area contributed by atoms with Gasteiger partial charge in [-0.25, -0.2) is 0 Å². The minimum Gasteiger partial charge on any atom is -0.289 e. The third kappa shape index (κ3) is 4.94. The zero-order valence-electron chi connectivity index (χ0n) is 18.9. The molecule has 0 atom stereocenters. The fourth-order valence-electron chi connectivity index (χ4n) is 3.85. The first-order valence-corrected chi connectivity index (χ1v) is 12.1. The van der Waals surface area contributed by atoms with Crippen molar-refractivity contribution in [2.45, 2.75) is 26.7 Å². The molecular formula is C30H26O2S. The highest BCUT2D eigenvalue weighted by Gasteiger charge is 2.10. The lowest BCUT2D eigenvalue weighted by atomic mass is 10.0. The predicted molar refractivity (Wildman–Crippen MR) is 141 cm³/mol. The fraction of sp³-hybridized carbons (Fsp3) is 0.133. The minimum atomic E-state index is 0.0752. The third-order valence-electron chi connectivity index (χ3n) is 5.68. The molecule has 0 saturated heterocycles. The molecule has 0 fully saturated rings. The molecule has 164 valence electrons. The number of ketones is 1. The second-order valence-electron chi connectivity index (χ2n) is 7.83. The highest BCUT2D eigenvalue weighted by molar-refractivity contribution is 7.24. The Labute approximate surface area is 198 Å². The number of rotatable bonds is 4. The maximum absolute atomic E-state index is 12.6. The van der Waals surface area contributed by atoms with E-state index in [4.69, 9.17) is 0 Å². The van der Waals surface area contributed by atoms with E-state index >= 15 is 0 Å². The van der Waals surface area contributed by atoms with Crippen LogP contribution in [0.5, 0.6) is 0 Å². The minimum absolute atomic E-state index is 0.0752. The molecule has 0 aliphatic rings. The molecule has 2 nitrogen and oxygen atoms in total. The third-order valence-corrected chi connectivity index (χ3v) is 6.94. The zero-order chi connectivity index (χ0) is 23.2. The van der Waals surface area contributed by atoms with Gasteiger partial charge in [0.25, 0.3) is 0 Å². The van der Waals surface area contributed by atoms with Gasteiger partial charge >= 0.3 is 0 Å². The van der Waals surface area contributed by atoms with E-state index in [1.807, 2.05) is 84.9 Å². The molecule has 33 heavy (non-hydrogen) atoms. The summed E-state index contributed by atoms with van der Waals surface area (Å²) in [6.07, 6.45) is 1.94. The molecular weight excluding hydrogens is 424 g/mol. The maximum atomic E-state index is 12.6. The molecule has 0 saturated carbocycles. The molecule has 1 heterocycles. The summed E-state index contributed by atoms with van der Waals surface area (Å²) in [4.78, 5) is 24.5. The summed E-state index contributed by atoms with van der Waals surface area (Å²) < 4.78 is 2.24. The summed E-state index contributed by atoms with van der Waals surface area (Å²) in [5, 5.41) is 1.73. The lowest BCUT2D eigenvalue weighted by Gasteiger charge is -2.08. The SMILES string of the molecule is CCc1cc(CC)c2sc3ccccc3c(=O)c2c1.O=C(c1ccccc1)c1ccccc1. The van der Waals surface area contributed by atoms with Crippen LogP contribution in [0.1, 0.15) is 40.9 Å². The molecule has 0 aliphatic heterocycles. The predicted octanol–water partition coefficient (Wildman–Crippen LogP) is 7.46. The largest absolute Gasteiger partial charge is 0.289 e. The number of fused-ring (bicyclic) bond motifs is 2. The average Bonchev–Trinajstić information content (AvgIpc) is 2.89. The Kier molecular flexibility index (Phi) is 7.11. The van der Waals surface area contributed by atoms with Gasteiger partial charge in [0.15, 0.2) is 11.2 Å². The highest BCUT2D eigenvalue weighted by atomic mass is 32.1. The Hall–Kier alpha value is -3.56. The molecule has 0 radical (unpaired) electrons. The van der Waals surface area contributed by atoms with Gasteiger partial charge < -0.3 is 0 Å². The normalized spacial score (nSPS) is 10.6. The molecule has 0 spiro atoms. The zero-order valence-corrected chi connectivity index (χ0v) is 19.7. The van der Waals surface area contributed by atoms with Crippen LogP contribution < -0.4 is 5.43 Å². The van der Waals surface area contributed by atoms with E-state index in [0.29, 0.717) is 0 Å². The summed E-state index contributed by atoms with van der Waals surface area (Å²) in [6, 6.07) is 30.8. The van der Waals surface area contributed by atoms with Crippen molar-refractivity contribution in [1.29, 1.82) is 0 Å². The van der Waals surface area contributed by atoms with Gasteiger partial charge in [-0.3, -0.25) is 9.59 Å². The Morgan fingerprint density at radius 1 is 0.697 bits per heavy atom. The van der Waals surface area contributed by atoms with Gasteiger partial charge in [0.2, 0.25) is 0 Å². The van der Waals surface area contributed by atoms with Crippen LogP contribution in [0.4, 0.5) is 0 Å². The molecule has 5 rings (SSSR count). The van der Waals surface area contributed by atoms with Crippen molar-refractivity contribution in [2.24, 2.45) is 0 Å². The monoisotopic (exact) mass is 450 g/mol. The second-order valence-corrected chi connectivity index (χ2v) is 8.88. The van der Waals surface area contributed by atoms with E-state index in [1.165, 1.54) is 11.1 Å². The Bertz CT molecular complexity index is 1410. The number of carbonyl (C=O) groups excluding carboxylic acids is 1. The van der Waals surface area contributed by atoms with E-state index in [2.05, 4.69) is 26.0 Å². The second kappa shape index (κ2) is 10.4. The van der Waals surface area contributed by atoms with E-state index in [1.54, 1.807) is 11.3 Å². The molecule has 0 bridgehead atoms. The van der Waals surface area contributed by atoms with Gasteiger partial charge in [-0.05, 0) is 42.2 Å². The molecule has 0 amide bonds. The summed E-state index contributed by atoms with van der Waals surface area (Å²) in [7, 11) is 0. The van der Waals surface area contributed by atoms with Gasteiger partial charge in [0.1, 0.15) is 0 Å². The molecule has 5 aromatic rings. The topological polar surface area (TPSA) is 34.1 Å². The summed E-state index contributed by atoms with van der Waals surface area (Å²) in [5.41, 5.74) is 4.19. The van der Waals surface area contributed by atoms with Gasteiger partial charge in [-0.1, -0.05) is 92.7 Å². The lowest BCUT2D eigenvalue weighted by Crippen LogP contribution is -2.03. The maximum Gasteiger partial charge on any atom is 0.195 e. The Morgan fingerprint density at radius 3 is 1.85 bits per heavy atom. The number of aryl methyl sites for hydroxylation is 2. The van der Waals surface area contributed by atoms with Crippen molar-refractivity contribution in [1.82, 2.24) is 0 Å². The van der Waals surface area contributed by atoms with E-state index in [-0.39, 0.29) is 11.2 Å². The van der Waals surface area contributed by atoms with Gasteiger partial charge in [0, 0.05) is 31.3 Å². The first kappa shape index (κ1) is 22.6. The molecule has 3 heteroatoms. The fourth-order valence-corrected chi connectivity index (χ4v) is 5.09. The summed E-state index contributed by atoms with van der Waals surface area (Å²) in [6.45, 7) is 4.29. The number of hydrogen-bond acceptors (Lipinski definition) is 3. The van der Waals surface area contributed by atoms with Crippen LogP contribution in [-0.2, 0) is 12.8 Å². The Morgan fingerprint density at radius 2 is 1.27 bits per heavy atom. The summed E-state index contributed by atoms with van der Waals surface area (Å²) in [5.74, 6) is 0.0752. The van der Waals surface area contributed by atoms with E-state index in [9.17, 15) is 9.59 Å². The first-order valence-electron chi connectivity index (χ1n) is 11.2. The van der Waals surface area contributed by atoms with Crippen LogP contribution in [0, 0.1) is 0 Å². The molecule has 0 unspecified atom stereocenters. The highest BCUT2D eigenvalue weighted by Crippen LogP contribution is 2.29. The van der Waals surface area contributed by atoms with Crippen LogP contribution in [-0.4, -0.2) is 5.78 Å². The molecule has 0 aliphatic carbocycles. The van der Waals surface area contributed by atoms with Crippen LogP contribution in [0.2, 0.25) is 0 Å². The Balaban J connectivity index is 0.000000165. The van der Waals surface area contributed by atoms with Crippen molar-refractivity contribution in [3.63, 3.8) is 0 Å². The molecule has 0 N–H and O–H groups in total. The number of hydrogen-bond donors (Lipinski definition) is 0. The van der Waals surface area contributed by atoms with Gasteiger partial charge in [-0.2, -0.15) is 0 Å². The summed E-state index contributed by atoms with van der Waals surface area (Å²) >= 11 is 1.74. The van der Waals surface area contributed by atoms with Crippen molar-refractivity contribution in [3.05, 3.63) is 130 Å². The lowest BCUT2D eigenvalue weighted by molar-refractivity contribution is 0.103. The van der Waals surface area contributed by atoms with Gasteiger partial charge in [0.05, 0.1) is 0 Å². The van der Waals surface area contributed by atoms with E-state index in [0.717, 1.165) is 44.1 Å².